The molecular weight excluding hydrogens is 378 g/mol. The zero-order valence-corrected chi connectivity index (χ0v) is 17.9. The summed E-state index contributed by atoms with van der Waals surface area (Å²) in [6, 6.07) is 8.51. The van der Waals surface area contributed by atoms with Crippen LogP contribution in [0.1, 0.15) is 44.1 Å². The third kappa shape index (κ3) is 3.39. The Morgan fingerprint density at radius 1 is 1.21 bits per heavy atom. The molecule has 0 unspecified atom stereocenters. The number of allylic oxidation sites excluding steroid dienone is 1. The highest BCUT2D eigenvalue weighted by Gasteiger charge is 2.54. The van der Waals surface area contributed by atoms with Crippen LogP contribution in [0, 0.1) is 30.1 Å². The first-order valence-electron chi connectivity index (χ1n) is 10.8. The summed E-state index contributed by atoms with van der Waals surface area (Å²) in [7, 11) is 0. The number of rotatable bonds is 5. The smallest absolute Gasteiger partial charge is 0.246 e. The first-order chi connectivity index (χ1) is 14.1. The second-order valence-electron chi connectivity index (χ2n) is 9.42. The van der Waals surface area contributed by atoms with Crippen molar-refractivity contribution in [1.82, 2.24) is 9.99 Å². The predicted molar refractivity (Wildman–Crippen MR) is 117 cm³/mol. The summed E-state index contributed by atoms with van der Waals surface area (Å²) < 4.78 is 2.13. The van der Waals surface area contributed by atoms with Gasteiger partial charge in [-0.1, -0.05) is 35.9 Å². The van der Waals surface area contributed by atoms with Gasteiger partial charge in [0.05, 0.1) is 11.1 Å². The van der Waals surface area contributed by atoms with Crippen LogP contribution in [0.3, 0.4) is 0 Å². The van der Waals surface area contributed by atoms with Gasteiger partial charge in [0.2, 0.25) is 10.7 Å². The molecule has 1 heterocycles. The van der Waals surface area contributed by atoms with Gasteiger partial charge < -0.3 is 4.57 Å². The number of aromatic nitrogens is 1. The van der Waals surface area contributed by atoms with Gasteiger partial charge in [-0.3, -0.25) is 4.79 Å². The van der Waals surface area contributed by atoms with E-state index in [1.807, 2.05) is 6.08 Å². The molecule has 4 fully saturated rings. The monoisotopic (exact) mass is 407 g/mol. The maximum atomic E-state index is 13.2. The lowest BCUT2D eigenvalue weighted by atomic mass is 9.49. The quantitative estimate of drug-likeness (QED) is 0.558. The lowest BCUT2D eigenvalue weighted by molar-refractivity contribution is -0.146. The molecule has 1 aromatic heterocycles. The summed E-state index contributed by atoms with van der Waals surface area (Å²) in [5.41, 5.74) is 6.31. The van der Waals surface area contributed by atoms with Crippen LogP contribution in [-0.4, -0.2) is 10.5 Å². The zero-order chi connectivity index (χ0) is 20.0. The Morgan fingerprint density at radius 3 is 2.41 bits per heavy atom. The van der Waals surface area contributed by atoms with Gasteiger partial charge in [0, 0.05) is 11.9 Å². The number of nitrogens with one attached hydrogen (secondary N) is 1. The van der Waals surface area contributed by atoms with E-state index in [1.165, 1.54) is 24.8 Å². The maximum Gasteiger partial charge on any atom is 0.246 e. The fourth-order valence-electron chi connectivity index (χ4n) is 6.29. The van der Waals surface area contributed by atoms with Crippen molar-refractivity contribution in [3.05, 3.63) is 52.7 Å². The van der Waals surface area contributed by atoms with Gasteiger partial charge in [-0.15, -0.1) is 23.0 Å². The van der Waals surface area contributed by atoms with Crippen molar-refractivity contribution in [3.63, 3.8) is 0 Å². The number of amides is 1. The van der Waals surface area contributed by atoms with E-state index in [0.29, 0.717) is 6.54 Å². The van der Waals surface area contributed by atoms with Crippen LogP contribution < -0.4 is 10.2 Å². The average molecular weight is 408 g/mol. The summed E-state index contributed by atoms with van der Waals surface area (Å²) in [4.78, 5) is 14.0. The molecule has 2 aromatic rings. The second kappa shape index (κ2) is 7.28. The summed E-state index contributed by atoms with van der Waals surface area (Å²) in [6.07, 6.45) is 9.09. The Hall–Kier alpha value is -2.14. The van der Waals surface area contributed by atoms with Crippen LogP contribution in [-0.2, 0) is 11.3 Å². The first kappa shape index (κ1) is 18.9. The molecule has 6 rings (SSSR count). The van der Waals surface area contributed by atoms with E-state index < -0.39 is 0 Å². The summed E-state index contributed by atoms with van der Waals surface area (Å²) >= 11 is 1.57. The van der Waals surface area contributed by atoms with Gasteiger partial charge >= 0.3 is 0 Å². The van der Waals surface area contributed by atoms with Crippen molar-refractivity contribution in [3.8, 4) is 11.3 Å². The molecule has 0 aliphatic heterocycles. The Labute approximate surface area is 176 Å². The third-order valence-electron chi connectivity index (χ3n) is 7.23. The van der Waals surface area contributed by atoms with Crippen molar-refractivity contribution in [1.29, 1.82) is 0 Å². The lowest BCUT2D eigenvalue weighted by Crippen LogP contribution is -2.53. The molecule has 1 amide bonds. The topological polar surface area (TPSA) is 46.4 Å². The average Bonchev–Trinajstić information content (AvgIpc) is 3.08. The normalized spacial score (nSPS) is 30.5. The molecule has 29 heavy (non-hydrogen) atoms. The van der Waals surface area contributed by atoms with E-state index in [4.69, 9.17) is 0 Å². The molecule has 5 heteroatoms. The number of thiazole rings is 1. The predicted octanol–water partition coefficient (Wildman–Crippen LogP) is 4.86. The largest absolute Gasteiger partial charge is 0.311 e. The molecule has 4 aliphatic carbocycles. The molecule has 4 saturated carbocycles. The van der Waals surface area contributed by atoms with Gasteiger partial charge in [-0.05, 0) is 68.8 Å². The molecule has 4 bridgehead atoms. The Bertz CT molecular complexity index is 963. The molecule has 0 spiro atoms. The molecule has 0 atom stereocenters. The third-order valence-corrected chi connectivity index (χ3v) is 8.09. The van der Waals surface area contributed by atoms with E-state index in [2.05, 4.69) is 58.2 Å². The van der Waals surface area contributed by atoms with Crippen molar-refractivity contribution in [2.45, 2.75) is 52.0 Å². The minimum atomic E-state index is -0.168. The Kier molecular flexibility index (Phi) is 4.73. The number of benzene rings is 1. The number of nitrogens with zero attached hydrogens (tertiary/aromatic N) is 2. The molecule has 1 aromatic carbocycles. The number of carbonyl (C=O) groups excluding carboxylic acids is 1. The standard InChI is InChI=1S/C24H29N3OS/c1-3-8-27-21(20-6-4-16(2)5-7-20)15-29-23(27)26-25-22(28)24-12-17-9-18(13-24)11-19(10-17)14-24/h3-7,15,17-19H,1,8-14H2,2H3,(H,25,28)/b26-23-. The van der Waals surface area contributed by atoms with Crippen molar-refractivity contribution >= 4 is 17.2 Å². The van der Waals surface area contributed by atoms with E-state index in [9.17, 15) is 4.79 Å². The van der Waals surface area contributed by atoms with Crippen LogP contribution in [0.2, 0.25) is 0 Å². The molecule has 4 nitrogen and oxygen atoms in total. The van der Waals surface area contributed by atoms with E-state index in [0.717, 1.165) is 53.1 Å². The van der Waals surface area contributed by atoms with Gasteiger partial charge in [0.25, 0.3) is 0 Å². The Morgan fingerprint density at radius 2 is 1.83 bits per heavy atom. The van der Waals surface area contributed by atoms with E-state index in [1.54, 1.807) is 11.3 Å². The fraction of sp³-hybridized carbons (Fsp3) is 0.500. The zero-order valence-electron chi connectivity index (χ0n) is 17.1. The minimum Gasteiger partial charge on any atom is -0.311 e. The van der Waals surface area contributed by atoms with Gasteiger partial charge in [-0.25, -0.2) is 5.43 Å². The molecule has 152 valence electrons. The van der Waals surface area contributed by atoms with Crippen LogP contribution in [0.4, 0.5) is 0 Å². The Balaban J connectivity index is 1.41. The second-order valence-corrected chi connectivity index (χ2v) is 10.3. The van der Waals surface area contributed by atoms with Crippen molar-refractivity contribution in [2.24, 2.45) is 28.3 Å². The molecule has 0 saturated heterocycles. The molecular formula is C24H29N3OS. The van der Waals surface area contributed by atoms with Gasteiger partial charge in [0.1, 0.15) is 0 Å². The highest BCUT2D eigenvalue weighted by Crippen LogP contribution is 2.60. The van der Waals surface area contributed by atoms with Crippen LogP contribution in [0.5, 0.6) is 0 Å². The summed E-state index contributed by atoms with van der Waals surface area (Å²) in [6.45, 7) is 6.66. The number of aryl methyl sites for hydroxylation is 1. The number of hydrogen-bond donors (Lipinski definition) is 1. The number of carbonyl (C=O) groups is 1. The maximum absolute atomic E-state index is 13.2. The van der Waals surface area contributed by atoms with Crippen LogP contribution >= 0.6 is 11.3 Å². The highest BCUT2D eigenvalue weighted by molar-refractivity contribution is 7.07. The summed E-state index contributed by atoms with van der Waals surface area (Å²) in [5.74, 6) is 2.42. The molecule has 0 radical (unpaired) electrons. The molecule has 1 N–H and O–H groups in total. The first-order valence-corrected chi connectivity index (χ1v) is 11.6. The highest BCUT2D eigenvalue weighted by atomic mass is 32.1. The summed E-state index contributed by atoms with van der Waals surface area (Å²) in [5, 5.41) is 6.69. The van der Waals surface area contributed by atoms with Crippen molar-refractivity contribution in [2.75, 3.05) is 0 Å². The van der Waals surface area contributed by atoms with Crippen molar-refractivity contribution < 1.29 is 4.79 Å². The minimum absolute atomic E-state index is 0.145. The lowest BCUT2D eigenvalue weighted by Gasteiger charge is -2.55. The number of hydrogen-bond acceptors (Lipinski definition) is 3. The van der Waals surface area contributed by atoms with Crippen LogP contribution in [0.15, 0.2) is 47.4 Å². The van der Waals surface area contributed by atoms with E-state index in [-0.39, 0.29) is 11.3 Å². The fourth-order valence-corrected chi connectivity index (χ4v) is 7.16. The van der Waals surface area contributed by atoms with Gasteiger partial charge in [-0.2, -0.15) is 0 Å². The van der Waals surface area contributed by atoms with Crippen LogP contribution in [0.25, 0.3) is 11.3 Å². The van der Waals surface area contributed by atoms with Gasteiger partial charge in [0.15, 0.2) is 0 Å². The molecule has 4 aliphatic rings. The van der Waals surface area contributed by atoms with E-state index >= 15 is 0 Å². The SMILES string of the molecule is C=CCn1c(-c2ccc(C)cc2)cs/c1=N\NC(=O)C12CC3CC(CC(C3)C1)C2.